The van der Waals surface area contributed by atoms with E-state index in [2.05, 4.69) is 38.0 Å². The molecule has 1 aromatic carbocycles. The number of rotatable bonds is 10. The molecule has 2 aliphatic carbocycles. The lowest BCUT2D eigenvalue weighted by atomic mass is 9.67. The second-order valence-corrected chi connectivity index (χ2v) is 10.00. The molecule has 1 aliphatic heterocycles. The second kappa shape index (κ2) is 15.6. The van der Waals surface area contributed by atoms with Gasteiger partial charge in [0, 0.05) is 16.7 Å². The molecule has 0 radical (unpaired) electrons. The normalized spacial score (nSPS) is 17.3. The lowest BCUT2D eigenvalue weighted by molar-refractivity contribution is -0.139. The Balaban J connectivity index is 0.000000288. The summed E-state index contributed by atoms with van der Waals surface area (Å²) in [4.78, 5) is 32.2. The van der Waals surface area contributed by atoms with E-state index in [0.717, 1.165) is 44.1 Å². The third kappa shape index (κ3) is 9.65. The predicted octanol–water partition coefficient (Wildman–Crippen LogP) is 6.70. The molecule has 1 fully saturated rings. The van der Waals surface area contributed by atoms with E-state index < -0.39 is 17.4 Å². The highest BCUT2D eigenvalue weighted by Crippen LogP contribution is 2.51. The van der Waals surface area contributed by atoms with Crippen LogP contribution >= 0.6 is 0 Å². The molecule has 7 heteroatoms. The van der Waals surface area contributed by atoms with Gasteiger partial charge in [-0.05, 0) is 57.9 Å². The summed E-state index contributed by atoms with van der Waals surface area (Å²) in [6, 6.07) is 10.1. The first-order chi connectivity index (χ1) is 19.0. The van der Waals surface area contributed by atoms with Gasteiger partial charge in [0.1, 0.15) is 12.7 Å². The van der Waals surface area contributed by atoms with Gasteiger partial charge in [0.2, 0.25) is 0 Å². The Bertz CT molecular complexity index is 1150. The van der Waals surface area contributed by atoms with Gasteiger partial charge < -0.3 is 19.7 Å². The van der Waals surface area contributed by atoms with Crippen LogP contribution in [0.25, 0.3) is 6.08 Å². The van der Waals surface area contributed by atoms with E-state index in [-0.39, 0.29) is 23.2 Å². The number of epoxide rings is 1. The molecular weight excluding hydrogens is 508 g/mol. The number of aliphatic carboxylic acids is 2. The fourth-order valence-corrected chi connectivity index (χ4v) is 4.38. The maximum Gasteiger partial charge on any atom is 0.333 e. The van der Waals surface area contributed by atoms with Crippen molar-refractivity contribution in [2.75, 3.05) is 13.2 Å². The lowest BCUT2D eigenvalue weighted by Gasteiger charge is -2.35. The van der Waals surface area contributed by atoms with E-state index in [1.165, 1.54) is 18.1 Å². The van der Waals surface area contributed by atoms with Crippen molar-refractivity contribution in [3.8, 4) is 0 Å². The summed E-state index contributed by atoms with van der Waals surface area (Å²) in [5.41, 5.74) is 3.71. The minimum Gasteiger partial charge on any atom is -0.478 e. The van der Waals surface area contributed by atoms with Gasteiger partial charge in [-0.3, -0.25) is 0 Å². The van der Waals surface area contributed by atoms with Crippen molar-refractivity contribution >= 4 is 24.0 Å². The summed E-state index contributed by atoms with van der Waals surface area (Å²) < 4.78 is 9.60. The number of hydrogen-bond donors (Lipinski definition) is 2. The predicted molar refractivity (Wildman–Crippen MR) is 157 cm³/mol. The zero-order valence-electron chi connectivity index (χ0n) is 23.5. The molecule has 1 heterocycles. The zero-order chi connectivity index (χ0) is 29.7. The Morgan fingerprint density at radius 2 is 1.48 bits per heavy atom. The summed E-state index contributed by atoms with van der Waals surface area (Å²) in [5.74, 6) is -2.18. The van der Waals surface area contributed by atoms with Crippen molar-refractivity contribution in [3.05, 3.63) is 102 Å². The van der Waals surface area contributed by atoms with E-state index in [4.69, 9.17) is 14.6 Å². The molecule has 0 spiro atoms. The Hall–Kier alpha value is -3.97. The molecule has 1 unspecified atom stereocenters. The first-order valence-electron chi connectivity index (χ1n) is 13.4. The number of carboxylic acid groups (broad SMARTS) is 2. The van der Waals surface area contributed by atoms with Crippen molar-refractivity contribution in [1.82, 2.24) is 0 Å². The van der Waals surface area contributed by atoms with Crippen LogP contribution < -0.4 is 0 Å². The van der Waals surface area contributed by atoms with Crippen LogP contribution in [-0.4, -0.2) is 47.4 Å². The Morgan fingerprint density at radius 3 is 1.85 bits per heavy atom. The number of carboxylic acids is 2. The molecule has 7 nitrogen and oxygen atoms in total. The van der Waals surface area contributed by atoms with Crippen molar-refractivity contribution in [3.63, 3.8) is 0 Å². The number of ether oxygens (including phenoxy) is 2. The van der Waals surface area contributed by atoms with Gasteiger partial charge in [0.05, 0.1) is 12.0 Å². The largest absolute Gasteiger partial charge is 0.478 e. The lowest BCUT2D eigenvalue weighted by Crippen LogP contribution is -2.29. The van der Waals surface area contributed by atoms with Crippen molar-refractivity contribution in [2.45, 2.75) is 58.5 Å². The number of hydrogen-bond acceptors (Lipinski definition) is 5. The van der Waals surface area contributed by atoms with Crippen molar-refractivity contribution in [1.29, 1.82) is 0 Å². The average molecular weight is 549 g/mol. The highest BCUT2D eigenvalue weighted by molar-refractivity contribution is 5.91. The fourth-order valence-electron chi connectivity index (χ4n) is 4.38. The van der Waals surface area contributed by atoms with Crippen LogP contribution in [0, 0.1) is 5.41 Å². The maximum atomic E-state index is 11.9. The molecule has 4 rings (SSSR count). The van der Waals surface area contributed by atoms with Crippen LogP contribution in [0.4, 0.5) is 0 Å². The molecule has 1 aromatic rings. The maximum absolute atomic E-state index is 11.9. The number of carbonyl (C=O) groups is 3. The molecule has 2 N–H and O–H groups in total. The second-order valence-electron chi connectivity index (χ2n) is 10.00. The van der Waals surface area contributed by atoms with Crippen LogP contribution in [-0.2, 0) is 23.9 Å². The number of carbonyl (C=O) groups excluding carboxylic acids is 1. The molecule has 40 heavy (non-hydrogen) atoms. The topological polar surface area (TPSA) is 113 Å². The van der Waals surface area contributed by atoms with Crippen LogP contribution in [0.2, 0.25) is 0 Å². The fraction of sp³-hybridized carbons (Fsp3) is 0.364. The third-order valence-corrected chi connectivity index (χ3v) is 6.67. The highest BCUT2D eigenvalue weighted by Gasteiger charge is 2.42. The van der Waals surface area contributed by atoms with Crippen LogP contribution in [0.1, 0.15) is 57.9 Å². The SMILES string of the molecule is C=C(C(=O)O)C(C=Cc1ccccc1)(C1=CCCC1)C1=CCCC1.C=C(C)C(=O)O.C=C(C)C(=O)OCC1CO1. The molecule has 1 atom stereocenters. The van der Waals surface area contributed by atoms with E-state index in [9.17, 15) is 19.5 Å². The van der Waals surface area contributed by atoms with Gasteiger partial charge >= 0.3 is 17.9 Å². The molecule has 0 bridgehead atoms. The van der Waals surface area contributed by atoms with E-state index in [1.54, 1.807) is 6.92 Å². The summed E-state index contributed by atoms with van der Waals surface area (Å²) in [6.07, 6.45) is 14.8. The van der Waals surface area contributed by atoms with Gasteiger partial charge in [-0.15, -0.1) is 0 Å². The number of esters is 1. The van der Waals surface area contributed by atoms with Crippen molar-refractivity contribution in [2.24, 2.45) is 5.41 Å². The summed E-state index contributed by atoms with van der Waals surface area (Å²) in [5, 5.41) is 17.6. The quantitative estimate of drug-likeness (QED) is 0.145. The van der Waals surface area contributed by atoms with Gasteiger partial charge in [-0.1, -0.05) is 85.5 Å². The smallest absolute Gasteiger partial charge is 0.333 e. The Morgan fingerprint density at radius 1 is 0.950 bits per heavy atom. The molecular formula is C33H40O7. The number of allylic oxidation sites excluding steroid dienone is 5. The van der Waals surface area contributed by atoms with Crippen LogP contribution in [0.3, 0.4) is 0 Å². The summed E-state index contributed by atoms with van der Waals surface area (Å²) in [6.45, 7) is 14.7. The van der Waals surface area contributed by atoms with Crippen molar-refractivity contribution < 1.29 is 34.1 Å². The number of benzene rings is 1. The molecule has 1 saturated heterocycles. The van der Waals surface area contributed by atoms with E-state index in [1.807, 2.05) is 36.4 Å². The van der Waals surface area contributed by atoms with Gasteiger partial charge in [0.15, 0.2) is 0 Å². The van der Waals surface area contributed by atoms with Gasteiger partial charge in [-0.2, -0.15) is 0 Å². The first-order valence-corrected chi connectivity index (χ1v) is 13.4. The molecule has 214 valence electrons. The highest BCUT2D eigenvalue weighted by atomic mass is 16.6. The standard InChI is InChI=1S/C22H24O2.C7H10O3.C4H6O2/c1-17(21(23)24)22(19-11-5-6-12-19,20-13-7-8-14-20)16-15-18-9-3-2-4-10-18;1-5(2)7(8)10-4-6-3-9-6;1-3(2)4(5)6/h2-4,9-11,13,15-16H,1,5-8,12,14H2,(H,23,24);6H,1,3-4H2,2H3;1H2,2H3,(H,5,6). The third-order valence-electron chi connectivity index (χ3n) is 6.67. The Labute approximate surface area is 236 Å². The molecule has 0 saturated carbocycles. The van der Waals surface area contributed by atoms with Crippen LogP contribution in [0.5, 0.6) is 0 Å². The average Bonchev–Trinajstić information content (AvgIpc) is 3.32. The van der Waals surface area contributed by atoms with Gasteiger partial charge in [-0.25, -0.2) is 14.4 Å². The summed E-state index contributed by atoms with van der Waals surface area (Å²) in [7, 11) is 0. The minimum absolute atomic E-state index is 0.142. The molecule has 0 amide bonds. The molecule has 3 aliphatic rings. The minimum atomic E-state index is -0.935. The van der Waals surface area contributed by atoms with Gasteiger partial charge in [0.25, 0.3) is 0 Å². The van der Waals surface area contributed by atoms with Crippen LogP contribution in [0.15, 0.2) is 96.2 Å². The summed E-state index contributed by atoms with van der Waals surface area (Å²) >= 11 is 0. The molecule has 0 aromatic heterocycles. The monoisotopic (exact) mass is 548 g/mol. The van der Waals surface area contributed by atoms with E-state index in [0.29, 0.717) is 18.8 Å². The zero-order valence-corrected chi connectivity index (χ0v) is 23.5. The Kier molecular flexibility index (Phi) is 12.6. The van der Waals surface area contributed by atoms with E-state index >= 15 is 0 Å². The first kappa shape index (κ1) is 32.2.